The second-order valence-corrected chi connectivity index (χ2v) is 15.6. The van der Waals surface area contributed by atoms with Gasteiger partial charge in [-0.3, -0.25) is 14.4 Å². The summed E-state index contributed by atoms with van der Waals surface area (Å²) in [5.41, 5.74) is 0. The van der Waals surface area contributed by atoms with Crippen LogP contribution in [0, 0.1) is 0 Å². The minimum atomic E-state index is -0.799. The molecule has 0 amide bonds. The zero-order valence-corrected chi connectivity index (χ0v) is 37.8. The second-order valence-electron chi connectivity index (χ2n) is 15.6. The van der Waals surface area contributed by atoms with Crippen LogP contribution in [0.4, 0.5) is 0 Å². The Labute approximate surface area is 357 Å². The van der Waals surface area contributed by atoms with Crippen LogP contribution >= 0.6 is 0 Å². The SMILES string of the molecule is CC/C=C\C/C=C\C/C=C\CCCCCCC(=O)OC(COC(=O)CCC/C=C\CCCCCC)COC(=O)CCCCCCCCC/C=C\C/C=C\CCCCC. The smallest absolute Gasteiger partial charge is 0.306 e. The van der Waals surface area contributed by atoms with Gasteiger partial charge < -0.3 is 14.2 Å². The van der Waals surface area contributed by atoms with Crippen molar-refractivity contribution in [2.45, 2.75) is 226 Å². The van der Waals surface area contributed by atoms with Crippen molar-refractivity contribution < 1.29 is 28.6 Å². The first kappa shape index (κ1) is 54.9. The number of carbonyl (C=O) groups excluding carboxylic acids is 3. The molecule has 0 aliphatic heterocycles. The summed E-state index contributed by atoms with van der Waals surface area (Å²) in [5, 5.41) is 0. The number of hydrogen-bond acceptors (Lipinski definition) is 6. The summed E-state index contributed by atoms with van der Waals surface area (Å²) >= 11 is 0. The van der Waals surface area contributed by atoms with Gasteiger partial charge in [-0.25, -0.2) is 0 Å². The third-order valence-corrected chi connectivity index (χ3v) is 9.91. The Morgan fingerprint density at radius 2 is 0.690 bits per heavy atom. The number of esters is 3. The van der Waals surface area contributed by atoms with Crippen molar-refractivity contribution >= 4 is 17.9 Å². The van der Waals surface area contributed by atoms with E-state index in [0.29, 0.717) is 25.7 Å². The van der Waals surface area contributed by atoms with Gasteiger partial charge in [-0.05, 0) is 103 Å². The van der Waals surface area contributed by atoms with E-state index in [2.05, 4.69) is 93.7 Å². The summed E-state index contributed by atoms with van der Waals surface area (Å²) in [5.74, 6) is -0.969. The number of hydrogen-bond donors (Lipinski definition) is 0. The van der Waals surface area contributed by atoms with E-state index in [1.807, 2.05) is 0 Å². The summed E-state index contributed by atoms with van der Waals surface area (Å²) in [6, 6.07) is 0. The molecule has 0 N–H and O–H groups in total. The van der Waals surface area contributed by atoms with Gasteiger partial charge in [-0.2, -0.15) is 0 Å². The fourth-order valence-corrected chi connectivity index (χ4v) is 6.31. The van der Waals surface area contributed by atoms with Gasteiger partial charge in [0.15, 0.2) is 6.10 Å². The lowest BCUT2D eigenvalue weighted by Gasteiger charge is -2.18. The molecule has 0 saturated heterocycles. The first-order valence-electron chi connectivity index (χ1n) is 23.9. The number of carbonyl (C=O) groups is 3. The van der Waals surface area contributed by atoms with E-state index in [1.165, 1.54) is 77.0 Å². The molecule has 0 aromatic heterocycles. The fraction of sp³-hybridized carbons (Fsp3) is 0.712. The van der Waals surface area contributed by atoms with Crippen LogP contribution in [-0.2, 0) is 28.6 Å². The van der Waals surface area contributed by atoms with E-state index in [-0.39, 0.29) is 31.1 Å². The van der Waals surface area contributed by atoms with Crippen LogP contribution in [0.25, 0.3) is 0 Å². The minimum Gasteiger partial charge on any atom is -0.462 e. The van der Waals surface area contributed by atoms with Gasteiger partial charge in [0.2, 0.25) is 0 Å². The van der Waals surface area contributed by atoms with Crippen molar-refractivity contribution in [3.63, 3.8) is 0 Å². The molecule has 0 rings (SSSR count). The first-order chi connectivity index (χ1) is 28.5. The molecule has 0 aliphatic carbocycles. The van der Waals surface area contributed by atoms with E-state index in [4.69, 9.17) is 14.2 Å². The summed E-state index contributed by atoms with van der Waals surface area (Å²) in [4.78, 5) is 37.8. The molecule has 0 bridgehead atoms. The Kier molecular flexibility index (Phi) is 44.0. The van der Waals surface area contributed by atoms with Gasteiger partial charge in [-0.1, -0.05) is 171 Å². The first-order valence-corrected chi connectivity index (χ1v) is 23.9. The molecule has 6 nitrogen and oxygen atoms in total. The fourth-order valence-electron chi connectivity index (χ4n) is 6.31. The van der Waals surface area contributed by atoms with Crippen LogP contribution in [0.5, 0.6) is 0 Å². The molecule has 1 unspecified atom stereocenters. The van der Waals surface area contributed by atoms with E-state index in [1.54, 1.807) is 0 Å². The minimum absolute atomic E-state index is 0.0979. The van der Waals surface area contributed by atoms with E-state index >= 15 is 0 Å². The van der Waals surface area contributed by atoms with Gasteiger partial charge in [0.05, 0.1) is 0 Å². The molecule has 0 spiro atoms. The summed E-state index contributed by atoms with van der Waals surface area (Å²) in [6.07, 6.45) is 57.5. The lowest BCUT2D eigenvalue weighted by molar-refractivity contribution is -0.167. The molecule has 332 valence electrons. The van der Waals surface area contributed by atoms with Crippen molar-refractivity contribution in [2.24, 2.45) is 0 Å². The maximum absolute atomic E-state index is 12.7. The third kappa shape index (κ3) is 44.0. The Balaban J connectivity index is 4.41. The van der Waals surface area contributed by atoms with Crippen molar-refractivity contribution in [2.75, 3.05) is 13.2 Å². The van der Waals surface area contributed by atoms with Gasteiger partial charge in [0.1, 0.15) is 13.2 Å². The molecule has 0 radical (unpaired) electrons. The Morgan fingerprint density at radius 1 is 0.362 bits per heavy atom. The Bertz CT molecular complexity index is 1110. The standard InChI is InChI=1S/C52H88O6/c1-4-7-10-13-16-19-21-23-25-26-27-29-30-33-36-39-42-45-51(54)57-48-49(47-56-50(53)44-41-38-35-32-18-15-12-9-6-3)58-52(55)46-43-40-37-34-31-28-24-22-20-17-14-11-8-5-2/h8,11,16-17,19-20,23-25,28,32,35,49H,4-7,9-10,12-15,18,21-22,26-27,29-31,33-34,36-48H2,1-3H3/b11-8-,19-16-,20-17-,25-23-,28-24-,35-32-. The quantitative estimate of drug-likeness (QED) is 0.0264. The zero-order valence-electron chi connectivity index (χ0n) is 37.8. The zero-order chi connectivity index (χ0) is 42.3. The predicted octanol–water partition coefficient (Wildman–Crippen LogP) is 15.5. The third-order valence-electron chi connectivity index (χ3n) is 9.91. The molecule has 0 aromatic rings. The molecule has 6 heteroatoms. The molecule has 58 heavy (non-hydrogen) atoms. The van der Waals surface area contributed by atoms with Crippen molar-refractivity contribution in [3.05, 3.63) is 72.9 Å². The molecular formula is C52H88O6. The molecule has 0 fully saturated rings. The monoisotopic (exact) mass is 809 g/mol. The lowest BCUT2D eigenvalue weighted by Crippen LogP contribution is -2.30. The van der Waals surface area contributed by atoms with Crippen LogP contribution in [0.2, 0.25) is 0 Å². The highest BCUT2D eigenvalue weighted by atomic mass is 16.6. The second kappa shape index (κ2) is 46.5. The average molecular weight is 809 g/mol. The van der Waals surface area contributed by atoms with E-state index in [0.717, 1.165) is 96.3 Å². The number of rotatable bonds is 42. The van der Waals surface area contributed by atoms with Crippen LogP contribution in [0.1, 0.15) is 220 Å². The highest BCUT2D eigenvalue weighted by Gasteiger charge is 2.19. The van der Waals surface area contributed by atoms with Gasteiger partial charge in [0, 0.05) is 19.3 Å². The Hall–Kier alpha value is -3.15. The van der Waals surface area contributed by atoms with Crippen molar-refractivity contribution in [1.29, 1.82) is 0 Å². The molecule has 0 heterocycles. The average Bonchev–Trinajstić information content (AvgIpc) is 3.22. The normalized spacial score (nSPS) is 12.7. The summed E-state index contributed by atoms with van der Waals surface area (Å²) in [7, 11) is 0. The maximum Gasteiger partial charge on any atom is 0.306 e. The van der Waals surface area contributed by atoms with Crippen molar-refractivity contribution in [1.82, 2.24) is 0 Å². The summed E-state index contributed by atoms with van der Waals surface area (Å²) in [6.45, 7) is 6.40. The lowest BCUT2D eigenvalue weighted by atomic mass is 10.1. The molecule has 1 atom stereocenters. The molecule has 0 saturated carbocycles. The number of unbranched alkanes of at least 4 members (excludes halogenated alkanes) is 19. The van der Waals surface area contributed by atoms with Crippen LogP contribution in [-0.4, -0.2) is 37.2 Å². The highest BCUT2D eigenvalue weighted by molar-refractivity contribution is 5.71. The van der Waals surface area contributed by atoms with E-state index < -0.39 is 6.10 Å². The van der Waals surface area contributed by atoms with Gasteiger partial charge >= 0.3 is 17.9 Å². The molecular weight excluding hydrogens is 721 g/mol. The van der Waals surface area contributed by atoms with Crippen molar-refractivity contribution in [3.8, 4) is 0 Å². The Morgan fingerprint density at radius 3 is 1.17 bits per heavy atom. The summed E-state index contributed by atoms with van der Waals surface area (Å²) < 4.78 is 16.7. The topological polar surface area (TPSA) is 78.9 Å². The van der Waals surface area contributed by atoms with Crippen LogP contribution in [0.15, 0.2) is 72.9 Å². The van der Waals surface area contributed by atoms with Crippen LogP contribution < -0.4 is 0 Å². The largest absolute Gasteiger partial charge is 0.462 e. The van der Waals surface area contributed by atoms with Crippen LogP contribution in [0.3, 0.4) is 0 Å². The highest BCUT2D eigenvalue weighted by Crippen LogP contribution is 2.13. The number of ether oxygens (including phenoxy) is 3. The van der Waals surface area contributed by atoms with Gasteiger partial charge in [0.25, 0.3) is 0 Å². The molecule has 0 aromatic carbocycles. The molecule has 0 aliphatic rings. The van der Waals surface area contributed by atoms with E-state index in [9.17, 15) is 14.4 Å². The number of allylic oxidation sites excluding steroid dienone is 12. The van der Waals surface area contributed by atoms with Gasteiger partial charge in [-0.15, -0.1) is 0 Å². The predicted molar refractivity (Wildman–Crippen MR) is 247 cm³/mol. The maximum atomic E-state index is 12.7.